The smallest absolute Gasteiger partial charge is 0.133 e. The van der Waals surface area contributed by atoms with Crippen molar-refractivity contribution in [3.63, 3.8) is 0 Å². The van der Waals surface area contributed by atoms with Crippen LogP contribution in [0.25, 0.3) is 0 Å². The van der Waals surface area contributed by atoms with Crippen molar-refractivity contribution in [2.75, 3.05) is 5.32 Å². The van der Waals surface area contributed by atoms with Gasteiger partial charge in [-0.05, 0) is 66.6 Å². The predicted octanol–water partition coefficient (Wildman–Crippen LogP) is 7.98. The van der Waals surface area contributed by atoms with Crippen LogP contribution >= 0.6 is 15.8 Å². The van der Waals surface area contributed by atoms with Crippen LogP contribution in [-0.4, -0.2) is 23.2 Å². The summed E-state index contributed by atoms with van der Waals surface area (Å²) in [6.07, 6.45) is 0. The fourth-order valence-corrected chi connectivity index (χ4v) is 9.56. The number of anilines is 1. The van der Waals surface area contributed by atoms with E-state index in [1.807, 2.05) is 0 Å². The molecular formula is C39H42N4P2. The fourth-order valence-electron chi connectivity index (χ4n) is 4.91. The number of aliphatic imine (C=N–C) groups is 2. The van der Waals surface area contributed by atoms with E-state index in [0.717, 1.165) is 22.4 Å². The van der Waals surface area contributed by atoms with E-state index in [1.165, 1.54) is 21.2 Å². The molecule has 0 fully saturated rings. The van der Waals surface area contributed by atoms with E-state index in [-0.39, 0.29) is 12.1 Å². The van der Waals surface area contributed by atoms with Gasteiger partial charge in [-0.25, -0.2) is 0 Å². The van der Waals surface area contributed by atoms with Crippen LogP contribution in [0.15, 0.2) is 156 Å². The number of hydrogen-bond donors (Lipinski definition) is 2. The van der Waals surface area contributed by atoms with E-state index < -0.39 is 15.8 Å². The van der Waals surface area contributed by atoms with Crippen LogP contribution in [0, 0.1) is 0 Å². The molecule has 0 spiro atoms. The molecule has 0 aliphatic heterocycles. The van der Waals surface area contributed by atoms with Gasteiger partial charge in [-0.1, -0.05) is 133 Å². The maximum atomic E-state index is 5.22. The van der Waals surface area contributed by atoms with Gasteiger partial charge >= 0.3 is 0 Å². The average molecular weight is 629 g/mol. The Morgan fingerprint density at radius 1 is 0.533 bits per heavy atom. The lowest BCUT2D eigenvalue weighted by Crippen LogP contribution is -2.34. The third-order valence-corrected chi connectivity index (χ3v) is 11.5. The lowest BCUT2D eigenvalue weighted by Gasteiger charge is -2.24. The summed E-state index contributed by atoms with van der Waals surface area (Å²) in [6, 6.07) is 52.0. The summed E-state index contributed by atoms with van der Waals surface area (Å²) in [7, 11) is -1.65. The molecule has 5 rings (SSSR count). The first-order valence-corrected chi connectivity index (χ1v) is 18.2. The molecule has 0 radical (unpaired) electrons. The Bertz CT molecular complexity index is 1580. The third kappa shape index (κ3) is 9.21. The second kappa shape index (κ2) is 16.3. The van der Waals surface area contributed by atoms with E-state index in [0.29, 0.717) is 6.54 Å². The highest BCUT2D eigenvalue weighted by molar-refractivity contribution is 7.88. The molecule has 0 saturated heterocycles. The molecule has 2 N–H and O–H groups in total. The highest BCUT2D eigenvalue weighted by Gasteiger charge is 2.22. The molecule has 45 heavy (non-hydrogen) atoms. The maximum absolute atomic E-state index is 5.22. The molecular weight excluding hydrogens is 586 g/mol. The lowest BCUT2D eigenvalue weighted by molar-refractivity contribution is 0.736. The van der Waals surface area contributed by atoms with Crippen molar-refractivity contribution in [1.29, 1.82) is 0 Å². The summed E-state index contributed by atoms with van der Waals surface area (Å²) in [6.45, 7) is 9.22. The molecule has 228 valence electrons. The molecule has 0 heterocycles. The molecule has 6 heteroatoms. The van der Waals surface area contributed by atoms with Crippen molar-refractivity contribution in [2.45, 2.75) is 46.3 Å². The zero-order valence-electron chi connectivity index (χ0n) is 26.5. The quantitative estimate of drug-likeness (QED) is 0.0886. The van der Waals surface area contributed by atoms with Crippen LogP contribution in [0.1, 0.15) is 33.3 Å². The lowest BCUT2D eigenvalue weighted by atomic mass is 10.2. The summed E-state index contributed by atoms with van der Waals surface area (Å²) < 4.78 is 0. The van der Waals surface area contributed by atoms with E-state index in [4.69, 9.17) is 9.98 Å². The molecule has 0 aliphatic carbocycles. The van der Waals surface area contributed by atoms with Crippen molar-refractivity contribution in [3.05, 3.63) is 151 Å². The van der Waals surface area contributed by atoms with Crippen LogP contribution in [0.2, 0.25) is 0 Å². The Hall–Kier alpha value is -4.10. The number of benzene rings is 5. The minimum absolute atomic E-state index is 0.162. The maximum Gasteiger partial charge on any atom is 0.133 e. The van der Waals surface area contributed by atoms with Crippen molar-refractivity contribution >= 4 is 53.9 Å². The van der Waals surface area contributed by atoms with Crippen molar-refractivity contribution < 1.29 is 0 Å². The molecule has 0 atom stereocenters. The minimum atomic E-state index is -0.843. The number of amidine groups is 2. The summed E-state index contributed by atoms with van der Waals surface area (Å²) in [5.74, 6) is 0. The number of hydrogen-bond acceptors (Lipinski definition) is 2. The molecule has 0 saturated carbocycles. The molecule has 0 aromatic heterocycles. The van der Waals surface area contributed by atoms with Gasteiger partial charge in [0.15, 0.2) is 0 Å². The molecule has 5 aromatic carbocycles. The standard InChI is InChI=1S/C39H42N4P2/c1-30(2)41-38(44(34-17-9-5-10-18-34)35-19-11-6-12-20-35)40-29-32-25-27-33(28-26-32)43-39(42-31(3)4)45(36-21-13-7-14-22-36)37-23-15-8-16-24-37/h5-28,30-31H,29H2,1-4H3,(H,40,41)(H,42,43). The molecule has 0 bridgehead atoms. The van der Waals surface area contributed by atoms with Crippen LogP contribution in [-0.2, 0) is 6.54 Å². The van der Waals surface area contributed by atoms with Crippen LogP contribution in [0.3, 0.4) is 0 Å². The summed E-state index contributed by atoms with van der Waals surface area (Å²) in [5.41, 5.74) is 4.23. The number of rotatable bonds is 11. The summed E-state index contributed by atoms with van der Waals surface area (Å²) >= 11 is 0. The fraction of sp³-hybridized carbons (Fsp3) is 0.179. The van der Waals surface area contributed by atoms with E-state index in [1.54, 1.807) is 0 Å². The van der Waals surface area contributed by atoms with E-state index in [9.17, 15) is 0 Å². The van der Waals surface area contributed by atoms with Gasteiger partial charge in [0.05, 0.1) is 6.54 Å². The van der Waals surface area contributed by atoms with Gasteiger partial charge in [0, 0.05) is 33.6 Å². The third-order valence-electron chi connectivity index (χ3n) is 6.90. The van der Waals surface area contributed by atoms with E-state index in [2.05, 4.69) is 184 Å². The number of nitrogens with one attached hydrogen (secondary N) is 2. The predicted molar refractivity (Wildman–Crippen MR) is 200 cm³/mol. The van der Waals surface area contributed by atoms with Crippen LogP contribution in [0.4, 0.5) is 5.69 Å². The Labute approximate surface area is 271 Å². The summed E-state index contributed by atoms with van der Waals surface area (Å²) in [5, 5.41) is 12.5. The highest BCUT2D eigenvalue weighted by atomic mass is 31.1. The number of nitrogens with zero attached hydrogens (tertiary/aromatic N) is 2. The molecule has 0 unspecified atom stereocenters. The monoisotopic (exact) mass is 628 g/mol. The van der Waals surface area contributed by atoms with Crippen molar-refractivity contribution in [3.8, 4) is 0 Å². The van der Waals surface area contributed by atoms with Gasteiger partial charge in [-0.3, -0.25) is 9.98 Å². The zero-order chi connectivity index (χ0) is 31.4. The van der Waals surface area contributed by atoms with Gasteiger partial charge in [-0.2, -0.15) is 0 Å². The van der Waals surface area contributed by atoms with Gasteiger partial charge in [0.1, 0.15) is 11.2 Å². The zero-order valence-corrected chi connectivity index (χ0v) is 28.3. The Morgan fingerprint density at radius 3 is 1.31 bits per heavy atom. The van der Waals surface area contributed by atoms with Gasteiger partial charge in [0.2, 0.25) is 0 Å². The minimum Gasteiger partial charge on any atom is -0.367 e. The molecule has 0 amide bonds. The second-order valence-electron chi connectivity index (χ2n) is 11.3. The Morgan fingerprint density at radius 2 is 0.933 bits per heavy atom. The van der Waals surface area contributed by atoms with Crippen LogP contribution < -0.4 is 31.9 Å². The van der Waals surface area contributed by atoms with Crippen molar-refractivity contribution in [1.82, 2.24) is 5.32 Å². The molecule has 5 aromatic rings. The van der Waals surface area contributed by atoms with Gasteiger partial charge in [-0.15, -0.1) is 0 Å². The highest BCUT2D eigenvalue weighted by Crippen LogP contribution is 2.37. The normalized spacial score (nSPS) is 12.3. The largest absolute Gasteiger partial charge is 0.367 e. The molecule has 0 aliphatic rings. The first kappa shape index (κ1) is 32.3. The van der Waals surface area contributed by atoms with Crippen LogP contribution in [0.5, 0.6) is 0 Å². The second-order valence-corrected chi connectivity index (χ2v) is 15.6. The first-order chi connectivity index (χ1) is 22.0. The average Bonchev–Trinajstić information content (AvgIpc) is 3.06. The SMILES string of the molecule is CC(C)N=C(Nc1ccc(CN=C(NC(C)C)P(c2ccccc2)c2ccccc2)cc1)P(c1ccccc1)c1ccccc1. The Kier molecular flexibility index (Phi) is 11.7. The topological polar surface area (TPSA) is 48.8 Å². The van der Waals surface area contributed by atoms with Gasteiger partial charge < -0.3 is 10.6 Å². The van der Waals surface area contributed by atoms with Gasteiger partial charge in [0.25, 0.3) is 0 Å². The Balaban J connectivity index is 1.42. The van der Waals surface area contributed by atoms with Crippen molar-refractivity contribution in [2.24, 2.45) is 9.98 Å². The first-order valence-electron chi connectivity index (χ1n) is 15.5. The summed E-state index contributed by atoms with van der Waals surface area (Å²) in [4.78, 5) is 10.3. The molecule has 4 nitrogen and oxygen atoms in total. The van der Waals surface area contributed by atoms with E-state index >= 15 is 0 Å².